The second-order valence-electron chi connectivity index (χ2n) is 8.10. The van der Waals surface area contributed by atoms with Crippen molar-refractivity contribution in [3.8, 4) is 0 Å². The van der Waals surface area contributed by atoms with Crippen molar-refractivity contribution in [3.63, 3.8) is 0 Å². The molecule has 1 aromatic heterocycles. The fourth-order valence-electron chi connectivity index (χ4n) is 4.29. The second-order valence-corrected chi connectivity index (χ2v) is 8.50. The number of hydrogen-bond acceptors (Lipinski definition) is 5. The van der Waals surface area contributed by atoms with Crippen molar-refractivity contribution in [1.29, 1.82) is 0 Å². The van der Waals surface area contributed by atoms with Crippen LogP contribution in [-0.2, 0) is 16.5 Å². The number of carbonyl (C=O) groups excluding carboxylic acids is 3. The monoisotopic (exact) mass is 460 g/mol. The van der Waals surface area contributed by atoms with Crippen LogP contribution in [0.4, 0.5) is 0 Å². The van der Waals surface area contributed by atoms with E-state index in [4.69, 9.17) is 21.1 Å². The highest BCUT2D eigenvalue weighted by molar-refractivity contribution is 6.33. The minimum atomic E-state index is -0.784. The summed E-state index contributed by atoms with van der Waals surface area (Å²) in [5.74, 6) is -1.08. The van der Waals surface area contributed by atoms with Crippen LogP contribution in [0.1, 0.15) is 62.2 Å². The second kappa shape index (κ2) is 9.88. The Balaban J connectivity index is 2.00. The lowest BCUT2D eigenvalue weighted by molar-refractivity contribution is 0.0410. The van der Waals surface area contributed by atoms with Gasteiger partial charge in [-0.3, -0.25) is 9.59 Å². The van der Waals surface area contributed by atoms with E-state index in [2.05, 4.69) is 0 Å². The summed E-state index contributed by atoms with van der Waals surface area (Å²) in [5.41, 5.74) is 2.26. The van der Waals surface area contributed by atoms with Crippen molar-refractivity contribution in [1.82, 2.24) is 9.47 Å². The molecule has 0 spiro atoms. The van der Waals surface area contributed by atoms with Crippen LogP contribution in [0.5, 0.6) is 0 Å². The maximum Gasteiger partial charge on any atom is 0.354 e. The molecular weight excluding hydrogens is 432 g/mol. The van der Waals surface area contributed by atoms with E-state index in [0.717, 1.165) is 12.8 Å². The topological polar surface area (TPSA) is 77.8 Å². The van der Waals surface area contributed by atoms with Gasteiger partial charge in [-0.15, -0.1) is 0 Å². The highest BCUT2D eigenvalue weighted by Crippen LogP contribution is 2.27. The minimum Gasteiger partial charge on any atom is -0.464 e. The van der Waals surface area contributed by atoms with Gasteiger partial charge in [0.05, 0.1) is 29.8 Å². The average molecular weight is 461 g/mol. The van der Waals surface area contributed by atoms with Crippen molar-refractivity contribution in [2.75, 3.05) is 20.3 Å². The lowest BCUT2D eigenvalue weighted by Gasteiger charge is -2.31. The molecule has 0 radical (unpaired) electrons. The number of carbonyl (C=O) groups is 3. The first-order chi connectivity index (χ1) is 15.2. The van der Waals surface area contributed by atoms with Gasteiger partial charge < -0.3 is 18.9 Å². The van der Waals surface area contributed by atoms with Crippen LogP contribution < -0.4 is 0 Å². The number of amides is 1. The molecule has 0 saturated carbocycles. The molecule has 2 heterocycles. The lowest BCUT2D eigenvalue weighted by Crippen LogP contribution is -2.47. The molecule has 2 aromatic rings. The molecule has 1 fully saturated rings. The molecule has 2 atom stereocenters. The summed E-state index contributed by atoms with van der Waals surface area (Å²) >= 11 is 6.29. The largest absolute Gasteiger partial charge is 0.464 e. The molecule has 7 nitrogen and oxygen atoms in total. The van der Waals surface area contributed by atoms with Crippen LogP contribution in [0.15, 0.2) is 24.3 Å². The van der Waals surface area contributed by atoms with E-state index in [1.54, 1.807) is 56.7 Å². The number of hydrogen-bond donors (Lipinski definition) is 0. The quantitative estimate of drug-likeness (QED) is 0.461. The third kappa shape index (κ3) is 4.45. The van der Waals surface area contributed by atoms with Gasteiger partial charge in [0.2, 0.25) is 0 Å². The van der Waals surface area contributed by atoms with E-state index in [1.807, 2.05) is 0 Å². The number of Topliss-reactive ketones (excluding diaryl/α,β-unsaturated/α-hetero) is 1. The molecule has 1 aliphatic rings. The number of methoxy groups -OCH3 is 1. The van der Waals surface area contributed by atoms with Gasteiger partial charge in [-0.2, -0.15) is 0 Å². The van der Waals surface area contributed by atoms with Gasteiger partial charge in [-0.1, -0.05) is 23.7 Å². The Labute approximate surface area is 193 Å². The normalized spacial score (nSPS) is 16.6. The number of aromatic nitrogens is 1. The maximum absolute atomic E-state index is 13.7. The first-order valence-corrected chi connectivity index (χ1v) is 11.0. The van der Waals surface area contributed by atoms with Gasteiger partial charge in [-0.25, -0.2) is 4.79 Å². The van der Waals surface area contributed by atoms with Crippen LogP contribution in [0.25, 0.3) is 0 Å². The fraction of sp³-hybridized carbons (Fsp3) is 0.458. The van der Waals surface area contributed by atoms with E-state index in [-0.39, 0.29) is 24.3 Å². The van der Waals surface area contributed by atoms with Crippen LogP contribution in [0, 0.1) is 13.8 Å². The Morgan fingerprint density at radius 1 is 1.28 bits per heavy atom. The number of halogens is 1. The molecule has 0 aliphatic carbocycles. The zero-order chi connectivity index (χ0) is 23.6. The summed E-state index contributed by atoms with van der Waals surface area (Å²) in [6, 6.07) is 6.01. The van der Waals surface area contributed by atoms with E-state index in [9.17, 15) is 14.4 Å². The van der Waals surface area contributed by atoms with E-state index in [1.165, 1.54) is 12.0 Å². The molecule has 1 saturated heterocycles. The molecule has 32 heavy (non-hydrogen) atoms. The summed E-state index contributed by atoms with van der Waals surface area (Å²) in [4.78, 5) is 40.9. The SMILES string of the molecule is COC(=O)c1c(C)c(C(=O)C(C)N(CC2CCCO2)C(=O)c2ccccc2Cl)c(C)n1C. The Morgan fingerprint density at radius 3 is 2.56 bits per heavy atom. The van der Waals surface area contributed by atoms with Crippen LogP contribution in [0.3, 0.4) is 0 Å². The molecule has 1 aromatic carbocycles. The molecule has 2 unspecified atom stereocenters. The number of nitrogens with zero attached hydrogens (tertiary/aromatic N) is 2. The van der Waals surface area contributed by atoms with Gasteiger partial charge in [-0.05, 0) is 51.3 Å². The van der Waals surface area contributed by atoms with Crippen molar-refractivity contribution < 1.29 is 23.9 Å². The summed E-state index contributed by atoms with van der Waals surface area (Å²) in [5, 5.41) is 0.328. The van der Waals surface area contributed by atoms with Crippen LogP contribution in [-0.4, -0.2) is 59.5 Å². The van der Waals surface area contributed by atoms with Crippen LogP contribution >= 0.6 is 11.6 Å². The number of benzene rings is 1. The molecule has 1 aliphatic heterocycles. The molecular formula is C24H29ClN2O5. The standard InChI is InChI=1S/C24H29ClN2O5/c1-14-20(15(2)26(4)21(14)24(30)31-5)22(28)16(3)27(13-17-9-8-12-32-17)23(29)18-10-6-7-11-19(18)25/h6-7,10-11,16-17H,8-9,12-13H2,1-5H3. The molecule has 172 valence electrons. The van der Waals surface area contributed by atoms with Crippen molar-refractivity contribution in [3.05, 3.63) is 57.4 Å². The molecule has 8 heteroatoms. The predicted octanol–water partition coefficient (Wildman–Crippen LogP) is 3.97. The van der Waals surface area contributed by atoms with Crippen molar-refractivity contribution >= 4 is 29.3 Å². The van der Waals surface area contributed by atoms with Crippen molar-refractivity contribution in [2.45, 2.75) is 45.8 Å². The predicted molar refractivity (Wildman–Crippen MR) is 121 cm³/mol. The summed E-state index contributed by atoms with van der Waals surface area (Å²) < 4.78 is 12.3. The smallest absolute Gasteiger partial charge is 0.354 e. The molecule has 0 bridgehead atoms. The van der Waals surface area contributed by atoms with Gasteiger partial charge in [0, 0.05) is 31.5 Å². The van der Waals surface area contributed by atoms with Gasteiger partial charge in [0.15, 0.2) is 5.78 Å². The summed E-state index contributed by atoms with van der Waals surface area (Å²) in [7, 11) is 3.02. The maximum atomic E-state index is 13.7. The average Bonchev–Trinajstić information content (AvgIpc) is 3.37. The molecule has 1 amide bonds. The van der Waals surface area contributed by atoms with E-state index in [0.29, 0.717) is 39.7 Å². The summed E-state index contributed by atoms with van der Waals surface area (Å²) in [6.07, 6.45) is 1.60. The minimum absolute atomic E-state index is 0.139. The highest BCUT2D eigenvalue weighted by Gasteiger charge is 2.35. The first kappa shape index (κ1) is 24.0. The number of rotatable bonds is 7. The molecule has 0 N–H and O–H groups in total. The van der Waals surface area contributed by atoms with Gasteiger partial charge >= 0.3 is 5.97 Å². The Bertz CT molecular complexity index is 1040. The summed E-state index contributed by atoms with van der Waals surface area (Å²) in [6.45, 7) is 6.13. The van der Waals surface area contributed by atoms with E-state index >= 15 is 0 Å². The van der Waals surface area contributed by atoms with Gasteiger partial charge in [0.1, 0.15) is 5.69 Å². The fourth-order valence-corrected chi connectivity index (χ4v) is 4.51. The van der Waals surface area contributed by atoms with Crippen molar-refractivity contribution in [2.24, 2.45) is 7.05 Å². The zero-order valence-corrected chi connectivity index (χ0v) is 19.9. The molecule has 3 rings (SSSR count). The van der Waals surface area contributed by atoms with E-state index < -0.39 is 12.0 Å². The lowest BCUT2D eigenvalue weighted by atomic mass is 9.98. The zero-order valence-electron chi connectivity index (χ0n) is 19.1. The highest BCUT2D eigenvalue weighted by atomic mass is 35.5. The Morgan fingerprint density at radius 2 is 1.97 bits per heavy atom. The Kier molecular flexibility index (Phi) is 7.41. The third-order valence-electron chi connectivity index (χ3n) is 6.19. The third-order valence-corrected chi connectivity index (χ3v) is 6.52. The number of ether oxygens (including phenoxy) is 2. The number of esters is 1. The first-order valence-electron chi connectivity index (χ1n) is 10.6. The Hall–Kier alpha value is -2.64. The van der Waals surface area contributed by atoms with Gasteiger partial charge in [0.25, 0.3) is 5.91 Å². The van der Waals surface area contributed by atoms with Crippen LogP contribution in [0.2, 0.25) is 5.02 Å². The number of ketones is 1.